The molecule has 5 nitrogen and oxygen atoms in total. The van der Waals surface area contributed by atoms with Gasteiger partial charge in [0, 0.05) is 6.61 Å². The first-order valence-corrected chi connectivity index (χ1v) is 10.2. The van der Waals surface area contributed by atoms with Crippen molar-refractivity contribution in [3.8, 4) is 0 Å². The van der Waals surface area contributed by atoms with E-state index in [1.807, 2.05) is 26.8 Å². The zero-order chi connectivity index (χ0) is 19.4. The van der Waals surface area contributed by atoms with Gasteiger partial charge in [-0.3, -0.25) is 0 Å². The standard InChI is InChI=1S/C21H39NO4/c1-5-6-7-8-9-10-11-12-13-14-25-17-18-15-19(23)16-22(18)20(24)26-21(2,3)4/h5,18-19,23H,1,6-17H2,2-4H3/t18-,19+/m0/s1. The zero-order valence-corrected chi connectivity index (χ0v) is 17.0. The molecule has 1 rings (SSSR count). The lowest BCUT2D eigenvalue weighted by Gasteiger charge is -2.28. The van der Waals surface area contributed by atoms with Gasteiger partial charge in [-0.2, -0.15) is 0 Å². The minimum Gasteiger partial charge on any atom is -0.444 e. The Balaban J connectivity index is 2.11. The quantitative estimate of drug-likeness (QED) is 0.401. The molecule has 1 aliphatic heterocycles. The lowest BCUT2D eigenvalue weighted by atomic mass is 10.1. The van der Waals surface area contributed by atoms with Gasteiger partial charge in [0.2, 0.25) is 0 Å². The van der Waals surface area contributed by atoms with Gasteiger partial charge in [0.25, 0.3) is 0 Å². The maximum atomic E-state index is 12.2. The van der Waals surface area contributed by atoms with Crippen molar-refractivity contribution >= 4 is 6.09 Å². The summed E-state index contributed by atoms with van der Waals surface area (Å²) in [6.45, 7) is 10.8. The van der Waals surface area contributed by atoms with Gasteiger partial charge in [-0.05, 0) is 46.5 Å². The highest BCUT2D eigenvalue weighted by atomic mass is 16.6. The number of rotatable bonds is 12. The molecule has 0 unspecified atom stereocenters. The van der Waals surface area contributed by atoms with Crippen LogP contribution in [0, 0.1) is 0 Å². The minimum absolute atomic E-state index is 0.0929. The summed E-state index contributed by atoms with van der Waals surface area (Å²) >= 11 is 0. The van der Waals surface area contributed by atoms with Crippen LogP contribution in [-0.2, 0) is 9.47 Å². The fraction of sp³-hybridized carbons (Fsp3) is 0.857. The molecule has 152 valence electrons. The first kappa shape index (κ1) is 23.0. The second kappa shape index (κ2) is 12.3. The number of ether oxygens (including phenoxy) is 2. The average Bonchev–Trinajstić information content (AvgIpc) is 2.92. The third-order valence-corrected chi connectivity index (χ3v) is 4.53. The molecule has 1 fully saturated rings. The Hall–Kier alpha value is -1.07. The van der Waals surface area contributed by atoms with E-state index >= 15 is 0 Å². The molecule has 0 aromatic carbocycles. The van der Waals surface area contributed by atoms with Crippen molar-refractivity contribution in [2.75, 3.05) is 19.8 Å². The number of hydrogen-bond acceptors (Lipinski definition) is 4. The van der Waals surface area contributed by atoms with Crippen LogP contribution in [0.1, 0.15) is 78.6 Å². The summed E-state index contributed by atoms with van der Waals surface area (Å²) in [7, 11) is 0. The second-order valence-corrected chi connectivity index (χ2v) is 8.30. The summed E-state index contributed by atoms with van der Waals surface area (Å²) in [5.41, 5.74) is -0.526. The van der Waals surface area contributed by atoms with Crippen molar-refractivity contribution in [2.24, 2.45) is 0 Å². The molecule has 1 aliphatic rings. The molecule has 0 aliphatic carbocycles. The normalized spacial score (nSPS) is 20.4. The number of β-amino-alcohol motifs (C(OH)–C–C–N with tert-alkyl or cyclic N) is 1. The minimum atomic E-state index is -0.526. The smallest absolute Gasteiger partial charge is 0.410 e. The van der Waals surface area contributed by atoms with Crippen LogP contribution < -0.4 is 0 Å². The molecule has 0 saturated carbocycles. The summed E-state index contributed by atoms with van der Waals surface area (Å²) in [6.07, 6.45) is 11.5. The summed E-state index contributed by atoms with van der Waals surface area (Å²) in [4.78, 5) is 13.9. The number of nitrogens with zero attached hydrogens (tertiary/aromatic N) is 1. The van der Waals surface area contributed by atoms with E-state index in [-0.39, 0.29) is 12.1 Å². The van der Waals surface area contributed by atoms with Crippen LogP contribution in [0.25, 0.3) is 0 Å². The van der Waals surface area contributed by atoms with Gasteiger partial charge >= 0.3 is 6.09 Å². The van der Waals surface area contributed by atoms with E-state index in [4.69, 9.17) is 9.47 Å². The molecule has 26 heavy (non-hydrogen) atoms. The van der Waals surface area contributed by atoms with Gasteiger partial charge in [0.15, 0.2) is 0 Å². The number of aliphatic hydroxyl groups is 1. The van der Waals surface area contributed by atoms with Crippen molar-refractivity contribution in [3.05, 3.63) is 12.7 Å². The molecule has 1 saturated heterocycles. The predicted molar refractivity (Wildman–Crippen MR) is 105 cm³/mol. The van der Waals surface area contributed by atoms with E-state index in [9.17, 15) is 9.90 Å². The highest BCUT2D eigenvalue weighted by molar-refractivity contribution is 5.69. The Morgan fingerprint density at radius 3 is 2.38 bits per heavy atom. The van der Waals surface area contributed by atoms with Gasteiger partial charge in [0.1, 0.15) is 5.60 Å². The van der Waals surface area contributed by atoms with E-state index in [1.54, 1.807) is 4.90 Å². The average molecular weight is 370 g/mol. The number of unbranched alkanes of at least 4 members (excludes halogenated alkanes) is 7. The van der Waals surface area contributed by atoms with E-state index in [0.717, 1.165) is 12.8 Å². The summed E-state index contributed by atoms with van der Waals surface area (Å²) in [5, 5.41) is 9.88. The molecule has 1 heterocycles. The lowest BCUT2D eigenvalue weighted by Crippen LogP contribution is -2.42. The van der Waals surface area contributed by atoms with Gasteiger partial charge in [-0.1, -0.05) is 38.2 Å². The van der Waals surface area contributed by atoms with Crippen molar-refractivity contribution in [3.63, 3.8) is 0 Å². The van der Waals surface area contributed by atoms with E-state index in [1.165, 1.54) is 38.5 Å². The summed E-state index contributed by atoms with van der Waals surface area (Å²) in [6, 6.07) is -0.0929. The van der Waals surface area contributed by atoms with Crippen LogP contribution in [0.4, 0.5) is 4.79 Å². The van der Waals surface area contributed by atoms with Crippen LogP contribution >= 0.6 is 0 Å². The Morgan fingerprint density at radius 2 is 1.77 bits per heavy atom. The fourth-order valence-electron chi connectivity index (χ4n) is 3.19. The van der Waals surface area contributed by atoms with Gasteiger partial charge in [0.05, 0.1) is 25.3 Å². The van der Waals surface area contributed by atoms with Gasteiger partial charge in [-0.15, -0.1) is 6.58 Å². The number of allylic oxidation sites excluding steroid dienone is 1. The molecule has 0 aromatic heterocycles. The number of carbonyl (C=O) groups excluding carboxylic acids is 1. The topological polar surface area (TPSA) is 59.0 Å². The Kier molecular flexibility index (Phi) is 10.9. The summed E-state index contributed by atoms with van der Waals surface area (Å²) in [5.74, 6) is 0. The zero-order valence-electron chi connectivity index (χ0n) is 17.0. The molecular formula is C21H39NO4. The van der Waals surface area contributed by atoms with Crippen molar-refractivity contribution in [1.29, 1.82) is 0 Å². The van der Waals surface area contributed by atoms with Crippen molar-refractivity contribution in [2.45, 2.75) is 96.3 Å². The molecule has 2 atom stereocenters. The monoisotopic (exact) mass is 369 g/mol. The Bertz CT molecular complexity index is 405. The van der Waals surface area contributed by atoms with E-state index in [0.29, 0.717) is 26.2 Å². The van der Waals surface area contributed by atoms with Crippen LogP contribution in [0.15, 0.2) is 12.7 Å². The van der Waals surface area contributed by atoms with E-state index < -0.39 is 11.7 Å². The van der Waals surface area contributed by atoms with Crippen molar-refractivity contribution in [1.82, 2.24) is 4.90 Å². The van der Waals surface area contributed by atoms with Crippen LogP contribution in [0.2, 0.25) is 0 Å². The number of amides is 1. The van der Waals surface area contributed by atoms with E-state index in [2.05, 4.69) is 6.58 Å². The van der Waals surface area contributed by atoms with Crippen molar-refractivity contribution < 1.29 is 19.4 Å². The first-order valence-electron chi connectivity index (χ1n) is 10.2. The maximum absolute atomic E-state index is 12.2. The number of likely N-dealkylation sites (tertiary alicyclic amines) is 1. The third-order valence-electron chi connectivity index (χ3n) is 4.53. The highest BCUT2D eigenvalue weighted by Gasteiger charge is 2.36. The number of aliphatic hydroxyl groups excluding tert-OH is 1. The third kappa shape index (κ3) is 10.2. The largest absolute Gasteiger partial charge is 0.444 e. The SMILES string of the molecule is C=CCCCCCCCCCOC[C@@H]1C[C@@H](O)CN1C(=O)OC(C)(C)C. The summed E-state index contributed by atoms with van der Waals surface area (Å²) < 4.78 is 11.2. The Morgan fingerprint density at radius 1 is 1.15 bits per heavy atom. The number of hydrogen-bond donors (Lipinski definition) is 1. The molecule has 1 N–H and O–H groups in total. The van der Waals surface area contributed by atoms with Crippen LogP contribution in [-0.4, -0.2) is 53.6 Å². The molecule has 0 aromatic rings. The fourth-order valence-corrected chi connectivity index (χ4v) is 3.19. The molecule has 0 spiro atoms. The molecule has 0 bridgehead atoms. The van der Waals surface area contributed by atoms with Gasteiger partial charge < -0.3 is 19.5 Å². The predicted octanol–water partition coefficient (Wildman–Crippen LogP) is 4.68. The first-order chi connectivity index (χ1) is 12.3. The van der Waals surface area contributed by atoms with Crippen LogP contribution in [0.5, 0.6) is 0 Å². The molecular weight excluding hydrogens is 330 g/mol. The second-order valence-electron chi connectivity index (χ2n) is 8.30. The molecule has 5 heteroatoms. The highest BCUT2D eigenvalue weighted by Crippen LogP contribution is 2.21. The van der Waals surface area contributed by atoms with Gasteiger partial charge in [-0.25, -0.2) is 4.79 Å². The van der Waals surface area contributed by atoms with Crippen LogP contribution in [0.3, 0.4) is 0 Å². The molecule has 1 amide bonds. The Labute approximate surface area is 159 Å². The molecule has 0 radical (unpaired) electrons. The maximum Gasteiger partial charge on any atom is 0.410 e. The number of carbonyl (C=O) groups is 1. The lowest BCUT2D eigenvalue weighted by molar-refractivity contribution is 0.00955.